The maximum absolute atomic E-state index is 13.9. The number of pyridine rings is 1. The number of nitriles is 1. The number of nitrogens with zero attached hydrogens (tertiary/aromatic N) is 4. The van der Waals surface area contributed by atoms with Crippen LogP contribution in [0.2, 0.25) is 5.02 Å². The first-order valence-corrected chi connectivity index (χ1v) is 7.82. The average Bonchev–Trinajstić information content (AvgIpc) is 2.59. The van der Waals surface area contributed by atoms with Crippen molar-refractivity contribution >= 4 is 17.4 Å². The van der Waals surface area contributed by atoms with Gasteiger partial charge in [-0.1, -0.05) is 17.7 Å². The molecule has 0 atom stereocenters. The molecule has 23 heavy (non-hydrogen) atoms. The van der Waals surface area contributed by atoms with Crippen LogP contribution in [0, 0.1) is 17.1 Å². The minimum atomic E-state index is -0.267. The number of rotatable bonds is 3. The molecule has 1 saturated heterocycles. The summed E-state index contributed by atoms with van der Waals surface area (Å²) in [6.45, 7) is 3.53. The van der Waals surface area contributed by atoms with Gasteiger partial charge >= 0.3 is 0 Å². The van der Waals surface area contributed by atoms with E-state index in [9.17, 15) is 9.65 Å². The molecule has 0 saturated carbocycles. The van der Waals surface area contributed by atoms with Crippen molar-refractivity contribution in [3.8, 4) is 6.07 Å². The van der Waals surface area contributed by atoms with Crippen LogP contribution in [0.5, 0.6) is 0 Å². The van der Waals surface area contributed by atoms with Crippen molar-refractivity contribution in [2.24, 2.45) is 0 Å². The Morgan fingerprint density at radius 2 is 1.96 bits per heavy atom. The molecule has 0 radical (unpaired) electrons. The van der Waals surface area contributed by atoms with Gasteiger partial charge in [0.25, 0.3) is 0 Å². The summed E-state index contributed by atoms with van der Waals surface area (Å²) in [7, 11) is 0. The Morgan fingerprint density at radius 1 is 1.17 bits per heavy atom. The predicted molar refractivity (Wildman–Crippen MR) is 87.9 cm³/mol. The highest BCUT2D eigenvalue weighted by Crippen LogP contribution is 2.23. The number of halogens is 2. The zero-order chi connectivity index (χ0) is 16.2. The van der Waals surface area contributed by atoms with Gasteiger partial charge in [-0.2, -0.15) is 5.26 Å². The maximum atomic E-state index is 13.9. The third-order valence-corrected chi connectivity index (χ3v) is 4.38. The van der Waals surface area contributed by atoms with E-state index >= 15 is 0 Å². The Kier molecular flexibility index (Phi) is 4.75. The first kappa shape index (κ1) is 15.7. The van der Waals surface area contributed by atoms with Crippen LogP contribution < -0.4 is 4.90 Å². The summed E-state index contributed by atoms with van der Waals surface area (Å²) in [4.78, 5) is 8.57. The molecule has 118 valence electrons. The van der Waals surface area contributed by atoms with E-state index in [4.69, 9.17) is 11.6 Å². The molecule has 6 heteroatoms. The van der Waals surface area contributed by atoms with Crippen LogP contribution in [0.15, 0.2) is 36.5 Å². The van der Waals surface area contributed by atoms with Gasteiger partial charge in [0.15, 0.2) is 0 Å². The zero-order valence-electron chi connectivity index (χ0n) is 12.5. The van der Waals surface area contributed by atoms with E-state index < -0.39 is 0 Å². The molecule has 2 aromatic rings. The van der Waals surface area contributed by atoms with Crippen LogP contribution in [0.4, 0.5) is 10.2 Å². The van der Waals surface area contributed by atoms with Crippen molar-refractivity contribution in [3.63, 3.8) is 0 Å². The fraction of sp³-hybridized carbons (Fsp3) is 0.294. The van der Waals surface area contributed by atoms with Crippen molar-refractivity contribution in [3.05, 3.63) is 58.5 Å². The molecule has 0 bridgehead atoms. The monoisotopic (exact) mass is 330 g/mol. The van der Waals surface area contributed by atoms with Crippen LogP contribution in [0.25, 0.3) is 0 Å². The quantitative estimate of drug-likeness (QED) is 0.867. The third kappa shape index (κ3) is 3.44. The van der Waals surface area contributed by atoms with Crippen LogP contribution in [0.1, 0.15) is 11.1 Å². The summed E-state index contributed by atoms with van der Waals surface area (Å²) in [6, 6.07) is 10.5. The van der Waals surface area contributed by atoms with Gasteiger partial charge in [-0.15, -0.1) is 0 Å². The number of hydrogen-bond acceptors (Lipinski definition) is 4. The lowest BCUT2D eigenvalue weighted by Crippen LogP contribution is -2.46. The molecular formula is C17H16ClFN4. The van der Waals surface area contributed by atoms with Gasteiger partial charge in [0, 0.05) is 49.5 Å². The van der Waals surface area contributed by atoms with E-state index in [2.05, 4.69) is 20.9 Å². The number of hydrogen-bond donors (Lipinski definition) is 0. The molecule has 1 aliphatic rings. The second-order valence-electron chi connectivity index (χ2n) is 5.45. The van der Waals surface area contributed by atoms with Crippen molar-refractivity contribution in [2.75, 3.05) is 31.1 Å². The topological polar surface area (TPSA) is 43.2 Å². The SMILES string of the molecule is N#Cc1cccnc1N1CCN(Cc2c(F)cccc2Cl)CC1. The third-order valence-electron chi connectivity index (χ3n) is 4.02. The maximum Gasteiger partial charge on any atom is 0.146 e. The summed E-state index contributed by atoms with van der Waals surface area (Å²) in [5.74, 6) is 0.454. The fourth-order valence-corrected chi connectivity index (χ4v) is 2.98. The molecule has 0 spiro atoms. The first-order chi connectivity index (χ1) is 11.2. The van der Waals surface area contributed by atoms with Crippen molar-refractivity contribution < 1.29 is 4.39 Å². The predicted octanol–water partition coefficient (Wildman–Crippen LogP) is 3.07. The highest BCUT2D eigenvalue weighted by molar-refractivity contribution is 6.31. The molecule has 1 aromatic heterocycles. The second-order valence-corrected chi connectivity index (χ2v) is 5.86. The van der Waals surface area contributed by atoms with Crippen LogP contribution >= 0.6 is 11.6 Å². The van der Waals surface area contributed by atoms with E-state index in [1.165, 1.54) is 6.07 Å². The molecule has 0 amide bonds. The minimum Gasteiger partial charge on any atom is -0.353 e. The summed E-state index contributed by atoms with van der Waals surface area (Å²) in [5.41, 5.74) is 1.12. The van der Waals surface area contributed by atoms with Gasteiger partial charge in [0.05, 0.1) is 5.56 Å². The summed E-state index contributed by atoms with van der Waals surface area (Å²) in [6.07, 6.45) is 1.70. The molecular weight excluding hydrogens is 315 g/mol. The molecule has 1 fully saturated rings. The van der Waals surface area contributed by atoms with Crippen molar-refractivity contribution in [1.82, 2.24) is 9.88 Å². The molecule has 4 nitrogen and oxygen atoms in total. The number of anilines is 1. The van der Waals surface area contributed by atoms with E-state index in [1.54, 1.807) is 30.5 Å². The molecule has 1 aromatic carbocycles. The van der Waals surface area contributed by atoms with E-state index in [-0.39, 0.29) is 5.82 Å². The molecule has 2 heterocycles. The summed E-state index contributed by atoms with van der Waals surface area (Å²) < 4.78 is 13.9. The van der Waals surface area contributed by atoms with Gasteiger partial charge in [-0.05, 0) is 24.3 Å². The van der Waals surface area contributed by atoms with E-state index in [1.807, 2.05) is 0 Å². The Balaban J connectivity index is 1.66. The molecule has 1 aliphatic heterocycles. The first-order valence-electron chi connectivity index (χ1n) is 7.44. The summed E-state index contributed by atoms with van der Waals surface area (Å²) >= 11 is 6.09. The summed E-state index contributed by atoms with van der Waals surface area (Å²) in [5, 5.41) is 9.64. The van der Waals surface area contributed by atoms with Gasteiger partial charge in [-0.25, -0.2) is 9.37 Å². The molecule has 0 unspecified atom stereocenters. The standard InChI is InChI=1S/C17H16ClFN4/c18-15-4-1-5-16(19)14(15)12-22-7-9-23(10-8-22)17-13(11-20)3-2-6-21-17/h1-6H,7-10,12H2. The Morgan fingerprint density at radius 3 is 2.65 bits per heavy atom. The Labute approximate surface area is 139 Å². The number of aromatic nitrogens is 1. The lowest BCUT2D eigenvalue weighted by atomic mass is 10.1. The van der Waals surface area contributed by atoms with Gasteiger partial charge in [-0.3, -0.25) is 4.90 Å². The highest BCUT2D eigenvalue weighted by Gasteiger charge is 2.21. The molecule has 0 aliphatic carbocycles. The van der Waals surface area contributed by atoms with Gasteiger partial charge in [0.1, 0.15) is 17.7 Å². The van der Waals surface area contributed by atoms with Crippen molar-refractivity contribution in [2.45, 2.75) is 6.54 Å². The zero-order valence-corrected chi connectivity index (χ0v) is 13.3. The van der Waals surface area contributed by atoms with Gasteiger partial charge in [0.2, 0.25) is 0 Å². The van der Waals surface area contributed by atoms with Crippen LogP contribution in [0.3, 0.4) is 0 Å². The molecule has 3 rings (SSSR count). The highest BCUT2D eigenvalue weighted by atomic mass is 35.5. The minimum absolute atomic E-state index is 0.267. The lowest BCUT2D eigenvalue weighted by Gasteiger charge is -2.35. The fourth-order valence-electron chi connectivity index (χ4n) is 2.76. The van der Waals surface area contributed by atoms with Crippen molar-refractivity contribution in [1.29, 1.82) is 5.26 Å². The second kappa shape index (κ2) is 6.95. The average molecular weight is 331 g/mol. The smallest absolute Gasteiger partial charge is 0.146 e. The lowest BCUT2D eigenvalue weighted by molar-refractivity contribution is 0.246. The van der Waals surface area contributed by atoms with E-state index in [0.29, 0.717) is 22.7 Å². The normalized spacial score (nSPS) is 15.4. The van der Waals surface area contributed by atoms with Crippen LogP contribution in [-0.2, 0) is 6.54 Å². The molecule has 0 N–H and O–H groups in total. The van der Waals surface area contributed by atoms with Crippen LogP contribution in [-0.4, -0.2) is 36.1 Å². The van der Waals surface area contributed by atoms with Gasteiger partial charge < -0.3 is 4.90 Å². The number of benzene rings is 1. The largest absolute Gasteiger partial charge is 0.353 e. The Bertz CT molecular complexity index is 715. The number of piperazine rings is 1. The van der Waals surface area contributed by atoms with E-state index in [0.717, 1.165) is 32.0 Å². The Hall–Kier alpha value is -2.16.